The molecule has 0 bridgehead atoms. The standard InChI is InChI=1S/C23H22ClN3O4/c1-3-31-20(28)13-25-23(30)21-22(29)14(2)26-19(27-21)12-15-9-10-17(18(24)11-15)16-7-5-4-6-8-16/h4-11,29H,3,12-13H2,1-2H3,(H,25,30). The number of benzene rings is 2. The van der Waals surface area contributed by atoms with Gasteiger partial charge in [0.25, 0.3) is 5.91 Å². The number of aromatic nitrogens is 2. The molecule has 0 fully saturated rings. The van der Waals surface area contributed by atoms with Crippen molar-refractivity contribution < 1.29 is 19.4 Å². The summed E-state index contributed by atoms with van der Waals surface area (Å²) in [6.45, 7) is 3.14. The molecule has 0 aliphatic carbocycles. The number of hydrogen-bond donors (Lipinski definition) is 2. The number of esters is 1. The van der Waals surface area contributed by atoms with Crippen molar-refractivity contribution in [2.75, 3.05) is 13.2 Å². The molecule has 3 aromatic rings. The van der Waals surface area contributed by atoms with Gasteiger partial charge in [-0.2, -0.15) is 0 Å². The summed E-state index contributed by atoms with van der Waals surface area (Å²) < 4.78 is 4.78. The van der Waals surface area contributed by atoms with Gasteiger partial charge in [0.1, 0.15) is 12.4 Å². The van der Waals surface area contributed by atoms with Gasteiger partial charge in [0.15, 0.2) is 11.4 Å². The number of carbonyl (C=O) groups is 2. The average Bonchev–Trinajstić information content (AvgIpc) is 2.75. The number of aryl methyl sites for hydroxylation is 1. The lowest BCUT2D eigenvalue weighted by Gasteiger charge is -2.11. The van der Waals surface area contributed by atoms with Crippen molar-refractivity contribution in [1.29, 1.82) is 0 Å². The Morgan fingerprint density at radius 1 is 1.13 bits per heavy atom. The molecule has 8 heteroatoms. The normalized spacial score (nSPS) is 10.5. The van der Waals surface area contributed by atoms with Crippen LogP contribution in [0.2, 0.25) is 5.02 Å². The Morgan fingerprint density at radius 2 is 1.87 bits per heavy atom. The van der Waals surface area contributed by atoms with E-state index in [1.807, 2.05) is 48.5 Å². The monoisotopic (exact) mass is 439 g/mol. The summed E-state index contributed by atoms with van der Waals surface area (Å²) in [5.74, 6) is -1.24. The molecule has 0 atom stereocenters. The SMILES string of the molecule is CCOC(=O)CNC(=O)c1nc(Cc2ccc(-c3ccccc3)c(Cl)c2)nc(C)c1O. The van der Waals surface area contributed by atoms with Gasteiger partial charge < -0.3 is 15.2 Å². The Labute approximate surface area is 185 Å². The Hall–Kier alpha value is -3.45. The third-order valence-electron chi connectivity index (χ3n) is 4.50. The molecular weight excluding hydrogens is 418 g/mol. The maximum absolute atomic E-state index is 12.4. The molecule has 0 aliphatic heterocycles. The van der Waals surface area contributed by atoms with Gasteiger partial charge in [0.05, 0.1) is 12.3 Å². The van der Waals surface area contributed by atoms with Crippen LogP contribution in [0.4, 0.5) is 0 Å². The highest BCUT2D eigenvalue weighted by molar-refractivity contribution is 6.33. The van der Waals surface area contributed by atoms with Crippen LogP contribution in [0.15, 0.2) is 48.5 Å². The first kappa shape index (κ1) is 22.2. The fourth-order valence-electron chi connectivity index (χ4n) is 3.01. The first-order valence-electron chi connectivity index (χ1n) is 9.73. The maximum Gasteiger partial charge on any atom is 0.325 e. The zero-order valence-corrected chi connectivity index (χ0v) is 17.9. The first-order valence-corrected chi connectivity index (χ1v) is 10.1. The average molecular weight is 440 g/mol. The molecule has 160 valence electrons. The lowest BCUT2D eigenvalue weighted by atomic mass is 10.0. The van der Waals surface area contributed by atoms with Crippen LogP contribution in [0.3, 0.4) is 0 Å². The second-order valence-corrected chi connectivity index (χ2v) is 7.17. The second kappa shape index (κ2) is 10.0. The lowest BCUT2D eigenvalue weighted by Crippen LogP contribution is -2.31. The van der Waals surface area contributed by atoms with Crippen LogP contribution in [0, 0.1) is 6.92 Å². The summed E-state index contributed by atoms with van der Waals surface area (Å²) >= 11 is 6.48. The van der Waals surface area contributed by atoms with E-state index >= 15 is 0 Å². The van der Waals surface area contributed by atoms with E-state index in [0.29, 0.717) is 17.3 Å². The van der Waals surface area contributed by atoms with Gasteiger partial charge in [-0.1, -0.05) is 54.1 Å². The summed E-state index contributed by atoms with van der Waals surface area (Å²) in [6.07, 6.45) is 0.314. The van der Waals surface area contributed by atoms with Gasteiger partial charge in [0.2, 0.25) is 0 Å². The molecule has 0 saturated carbocycles. The largest absolute Gasteiger partial charge is 0.504 e. The van der Waals surface area contributed by atoms with E-state index in [0.717, 1.165) is 16.7 Å². The minimum atomic E-state index is -0.685. The van der Waals surface area contributed by atoms with E-state index < -0.39 is 11.9 Å². The van der Waals surface area contributed by atoms with Crippen molar-refractivity contribution in [3.63, 3.8) is 0 Å². The third kappa shape index (κ3) is 5.58. The van der Waals surface area contributed by atoms with Crippen LogP contribution in [-0.2, 0) is 16.0 Å². The van der Waals surface area contributed by atoms with Crippen LogP contribution in [-0.4, -0.2) is 40.1 Å². The number of nitrogens with one attached hydrogen (secondary N) is 1. The van der Waals surface area contributed by atoms with Crippen LogP contribution < -0.4 is 5.32 Å². The van der Waals surface area contributed by atoms with E-state index in [2.05, 4.69) is 15.3 Å². The number of nitrogens with zero attached hydrogens (tertiary/aromatic N) is 2. The molecule has 0 radical (unpaired) electrons. The van der Waals surface area contributed by atoms with Gasteiger partial charge in [-0.25, -0.2) is 9.97 Å². The van der Waals surface area contributed by atoms with Crippen molar-refractivity contribution in [2.24, 2.45) is 0 Å². The molecule has 0 saturated heterocycles. The Balaban J connectivity index is 1.80. The summed E-state index contributed by atoms with van der Waals surface area (Å²) in [5.41, 5.74) is 2.84. The quantitative estimate of drug-likeness (QED) is 0.544. The smallest absolute Gasteiger partial charge is 0.325 e. The zero-order chi connectivity index (χ0) is 22.4. The number of ether oxygens (including phenoxy) is 1. The lowest BCUT2D eigenvalue weighted by molar-refractivity contribution is -0.141. The number of carbonyl (C=O) groups excluding carboxylic acids is 2. The highest BCUT2D eigenvalue weighted by atomic mass is 35.5. The van der Waals surface area contributed by atoms with E-state index in [1.165, 1.54) is 0 Å². The topological polar surface area (TPSA) is 101 Å². The molecule has 0 spiro atoms. The van der Waals surface area contributed by atoms with Gasteiger partial charge in [-0.05, 0) is 31.0 Å². The number of amides is 1. The van der Waals surface area contributed by atoms with Crippen LogP contribution in [0.1, 0.15) is 34.5 Å². The molecule has 1 heterocycles. The van der Waals surface area contributed by atoms with Crippen LogP contribution >= 0.6 is 11.6 Å². The van der Waals surface area contributed by atoms with Gasteiger partial charge in [-0.3, -0.25) is 9.59 Å². The second-order valence-electron chi connectivity index (χ2n) is 6.77. The number of rotatable bonds is 7. The molecule has 2 aromatic carbocycles. The van der Waals surface area contributed by atoms with E-state index in [9.17, 15) is 14.7 Å². The van der Waals surface area contributed by atoms with Crippen molar-refractivity contribution in [3.05, 3.63) is 76.3 Å². The fourth-order valence-corrected chi connectivity index (χ4v) is 3.33. The Morgan fingerprint density at radius 3 is 2.55 bits per heavy atom. The fraction of sp³-hybridized carbons (Fsp3) is 0.217. The molecule has 1 aromatic heterocycles. The van der Waals surface area contributed by atoms with Gasteiger partial charge in [0, 0.05) is 17.0 Å². The molecule has 2 N–H and O–H groups in total. The van der Waals surface area contributed by atoms with Crippen molar-refractivity contribution in [1.82, 2.24) is 15.3 Å². The number of halogens is 1. The van der Waals surface area contributed by atoms with Gasteiger partial charge >= 0.3 is 5.97 Å². The molecule has 0 aliphatic rings. The van der Waals surface area contributed by atoms with E-state index in [-0.39, 0.29) is 30.3 Å². The molecule has 3 rings (SSSR count). The third-order valence-corrected chi connectivity index (χ3v) is 4.81. The Bertz CT molecular complexity index is 1100. The van der Waals surface area contributed by atoms with Crippen molar-refractivity contribution in [3.8, 4) is 16.9 Å². The maximum atomic E-state index is 12.4. The molecule has 31 heavy (non-hydrogen) atoms. The van der Waals surface area contributed by atoms with Crippen molar-refractivity contribution >= 4 is 23.5 Å². The highest BCUT2D eigenvalue weighted by Gasteiger charge is 2.19. The molecular formula is C23H22ClN3O4. The molecule has 7 nitrogen and oxygen atoms in total. The predicted octanol–water partition coefficient (Wildman–Crippen LogP) is 3.69. The summed E-state index contributed by atoms with van der Waals surface area (Å²) in [4.78, 5) is 32.3. The highest BCUT2D eigenvalue weighted by Crippen LogP contribution is 2.29. The number of aromatic hydroxyl groups is 1. The minimum Gasteiger partial charge on any atom is -0.504 e. The van der Waals surface area contributed by atoms with Crippen LogP contribution in [0.5, 0.6) is 5.75 Å². The van der Waals surface area contributed by atoms with Crippen molar-refractivity contribution in [2.45, 2.75) is 20.3 Å². The molecule has 0 unspecified atom stereocenters. The Kier molecular flexibility index (Phi) is 7.20. The zero-order valence-electron chi connectivity index (χ0n) is 17.2. The van der Waals surface area contributed by atoms with E-state index in [4.69, 9.17) is 16.3 Å². The predicted molar refractivity (Wildman–Crippen MR) is 117 cm³/mol. The van der Waals surface area contributed by atoms with Gasteiger partial charge in [-0.15, -0.1) is 0 Å². The van der Waals surface area contributed by atoms with E-state index in [1.54, 1.807) is 13.8 Å². The minimum absolute atomic E-state index is 0.196. The summed E-state index contributed by atoms with van der Waals surface area (Å²) in [6, 6.07) is 15.5. The summed E-state index contributed by atoms with van der Waals surface area (Å²) in [7, 11) is 0. The molecule has 1 amide bonds. The van der Waals surface area contributed by atoms with Crippen LogP contribution in [0.25, 0.3) is 11.1 Å². The first-order chi connectivity index (χ1) is 14.9. The summed E-state index contributed by atoms with van der Waals surface area (Å²) in [5, 5.41) is 13.2. The number of hydrogen-bond acceptors (Lipinski definition) is 6.